The molecular formula is C32H55NO6. The number of carboxylic acid groups (broad SMARTS) is 2. The average Bonchev–Trinajstić information content (AvgIpc) is 2.90. The molecule has 0 aliphatic heterocycles. The summed E-state index contributed by atoms with van der Waals surface area (Å²) in [5.74, 6) is -1.02. The van der Waals surface area contributed by atoms with E-state index in [0.29, 0.717) is 30.4 Å². The average molecular weight is 550 g/mol. The van der Waals surface area contributed by atoms with E-state index < -0.39 is 25.0 Å². The summed E-state index contributed by atoms with van der Waals surface area (Å²) in [6.07, 6.45) is 22.1. The van der Waals surface area contributed by atoms with Crippen LogP contribution in [0.15, 0.2) is 18.2 Å². The normalized spacial score (nSPS) is 10.9. The number of unbranched alkanes of at least 4 members (excludes halogenated alkanes) is 16. The Balaban J connectivity index is 2.59. The number of aliphatic carboxylic acids is 2. The number of benzene rings is 1. The molecule has 1 rings (SSSR count). The smallest absolute Gasteiger partial charge is 0.323 e. The Morgan fingerprint density at radius 3 is 1.23 bits per heavy atom. The molecule has 0 amide bonds. The van der Waals surface area contributed by atoms with Gasteiger partial charge < -0.3 is 24.6 Å². The van der Waals surface area contributed by atoms with Crippen LogP contribution in [0.25, 0.3) is 0 Å². The fourth-order valence-corrected chi connectivity index (χ4v) is 4.68. The predicted octanol–water partition coefficient (Wildman–Crippen LogP) is 8.48. The largest absolute Gasteiger partial charge is 0.493 e. The van der Waals surface area contributed by atoms with Crippen LogP contribution in [-0.2, 0) is 9.59 Å². The second kappa shape index (κ2) is 23.4. The van der Waals surface area contributed by atoms with Gasteiger partial charge in [0.25, 0.3) is 0 Å². The summed E-state index contributed by atoms with van der Waals surface area (Å²) < 4.78 is 12.0. The standard InChI is InChI=1S/C32H55NO6/c1-3-5-7-9-11-13-15-17-19-21-38-29-23-28(33(26-31(34)35)27-32(36)37)24-30(25-29)39-22-20-18-16-14-12-10-8-6-4-2/h23-25H,3-22,26-27H2,1-2H3,(H,34,35)(H,36,37). The quantitative estimate of drug-likeness (QED) is 0.106. The molecule has 0 fully saturated rings. The Labute approximate surface area is 237 Å². The minimum absolute atomic E-state index is 0.411. The lowest BCUT2D eigenvalue weighted by molar-refractivity contribution is -0.136. The van der Waals surface area contributed by atoms with Crippen LogP contribution >= 0.6 is 0 Å². The first-order valence-corrected chi connectivity index (χ1v) is 15.6. The number of rotatable bonds is 27. The fourth-order valence-electron chi connectivity index (χ4n) is 4.68. The molecule has 0 atom stereocenters. The first-order valence-electron chi connectivity index (χ1n) is 15.6. The van der Waals surface area contributed by atoms with Crippen molar-refractivity contribution in [2.75, 3.05) is 31.2 Å². The molecule has 0 aliphatic carbocycles. The van der Waals surface area contributed by atoms with Crippen LogP contribution < -0.4 is 14.4 Å². The zero-order chi connectivity index (χ0) is 28.6. The second-order valence-electron chi connectivity index (χ2n) is 10.7. The molecule has 0 aromatic heterocycles. The lowest BCUT2D eigenvalue weighted by Crippen LogP contribution is -2.34. The molecular weight excluding hydrogens is 494 g/mol. The van der Waals surface area contributed by atoms with Crippen LogP contribution in [0.5, 0.6) is 11.5 Å². The summed E-state index contributed by atoms with van der Waals surface area (Å²) in [7, 11) is 0. The Kier molecular flexibility index (Phi) is 20.8. The monoisotopic (exact) mass is 549 g/mol. The van der Waals surface area contributed by atoms with E-state index in [0.717, 1.165) is 25.7 Å². The molecule has 0 unspecified atom stereocenters. The van der Waals surface area contributed by atoms with Crippen LogP contribution in [0.3, 0.4) is 0 Å². The first kappa shape index (κ1) is 34.6. The molecule has 0 saturated heterocycles. The van der Waals surface area contributed by atoms with E-state index in [1.54, 1.807) is 12.1 Å². The van der Waals surface area contributed by atoms with Gasteiger partial charge in [0.15, 0.2) is 0 Å². The van der Waals surface area contributed by atoms with Crippen molar-refractivity contribution in [3.63, 3.8) is 0 Å². The SMILES string of the molecule is CCCCCCCCCCCOc1cc(OCCCCCCCCCCC)cc(N(CC(=O)O)CC(=O)O)c1. The molecule has 39 heavy (non-hydrogen) atoms. The molecule has 7 nitrogen and oxygen atoms in total. The molecule has 0 bridgehead atoms. The molecule has 1 aromatic rings. The number of carboxylic acids is 2. The van der Waals surface area contributed by atoms with Crippen molar-refractivity contribution in [2.24, 2.45) is 0 Å². The number of carbonyl (C=O) groups is 2. The van der Waals surface area contributed by atoms with Crippen LogP contribution in [0, 0.1) is 0 Å². The van der Waals surface area contributed by atoms with Crippen molar-refractivity contribution in [1.29, 1.82) is 0 Å². The number of anilines is 1. The van der Waals surface area contributed by atoms with Gasteiger partial charge in [-0.1, -0.05) is 117 Å². The Morgan fingerprint density at radius 1 is 0.564 bits per heavy atom. The summed E-state index contributed by atoms with van der Waals surface area (Å²) in [6.45, 7) is 4.78. The topological polar surface area (TPSA) is 96.3 Å². The minimum Gasteiger partial charge on any atom is -0.493 e. The number of hydrogen-bond acceptors (Lipinski definition) is 5. The third-order valence-corrected chi connectivity index (χ3v) is 6.92. The van der Waals surface area contributed by atoms with E-state index in [1.165, 1.54) is 94.8 Å². The Morgan fingerprint density at radius 2 is 0.897 bits per heavy atom. The summed E-state index contributed by atoms with van der Waals surface area (Å²) in [4.78, 5) is 24.1. The summed E-state index contributed by atoms with van der Waals surface area (Å²) in [5, 5.41) is 18.6. The van der Waals surface area contributed by atoms with Crippen LogP contribution in [0.4, 0.5) is 5.69 Å². The van der Waals surface area contributed by atoms with Crippen LogP contribution in [0.2, 0.25) is 0 Å². The molecule has 0 spiro atoms. The van der Waals surface area contributed by atoms with E-state index in [-0.39, 0.29) is 0 Å². The molecule has 224 valence electrons. The van der Waals surface area contributed by atoms with Gasteiger partial charge in [-0.15, -0.1) is 0 Å². The van der Waals surface area contributed by atoms with Gasteiger partial charge in [-0.2, -0.15) is 0 Å². The highest BCUT2D eigenvalue weighted by Gasteiger charge is 2.17. The van der Waals surface area contributed by atoms with Crippen molar-refractivity contribution in [3.05, 3.63) is 18.2 Å². The van der Waals surface area contributed by atoms with Gasteiger partial charge in [-0.3, -0.25) is 9.59 Å². The third kappa shape index (κ3) is 19.3. The van der Waals surface area contributed by atoms with E-state index >= 15 is 0 Å². The number of ether oxygens (including phenoxy) is 2. The number of nitrogens with zero attached hydrogens (tertiary/aromatic N) is 1. The maximum atomic E-state index is 11.4. The maximum absolute atomic E-state index is 11.4. The van der Waals surface area contributed by atoms with E-state index in [4.69, 9.17) is 9.47 Å². The van der Waals surface area contributed by atoms with Crippen LogP contribution in [-0.4, -0.2) is 48.5 Å². The molecule has 7 heteroatoms. The predicted molar refractivity (Wildman–Crippen MR) is 159 cm³/mol. The minimum atomic E-state index is -1.09. The van der Waals surface area contributed by atoms with E-state index in [1.807, 2.05) is 6.07 Å². The highest BCUT2D eigenvalue weighted by Crippen LogP contribution is 2.29. The highest BCUT2D eigenvalue weighted by atomic mass is 16.5. The van der Waals surface area contributed by atoms with Gasteiger partial charge in [0.2, 0.25) is 0 Å². The van der Waals surface area contributed by atoms with Gasteiger partial charge in [-0.25, -0.2) is 0 Å². The van der Waals surface area contributed by atoms with E-state index in [2.05, 4.69) is 13.8 Å². The first-order chi connectivity index (χ1) is 19.0. The summed E-state index contributed by atoms with van der Waals surface area (Å²) in [6, 6.07) is 5.25. The van der Waals surface area contributed by atoms with Gasteiger partial charge in [-0.05, 0) is 12.8 Å². The molecule has 0 saturated carbocycles. The van der Waals surface area contributed by atoms with Crippen molar-refractivity contribution in [2.45, 2.75) is 129 Å². The van der Waals surface area contributed by atoms with Crippen molar-refractivity contribution < 1.29 is 29.3 Å². The fraction of sp³-hybridized carbons (Fsp3) is 0.750. The molecule has 0 heterocycles. The van der Waals surface area contributed by atoms with E-state index in [9.17, 15) is 19.8 Å². The Hall–Kier alpha value is -2.44. The van der Waals surface area contributed by atoms with Gasteiger partial charge in [0, 0.05) is 23.9 Å². The second-order valence-corrected chi connectivity index (χ2v) is 10.7. The van der Waals surface area contributed by atoms with Crippen molar-refractivity contribution in [3.8, 4) is 11.5 Å². The molecule has 1 aromatic carbocycles. The zero-order valence-corrected chi connectivity index (χ0v) is 24.8. The third-order valence-electron chi connectivity index (χ3n) is 6.92. The number of hydrogen-bond donors (Lipinski definition) is 2. The summed E-state index contributed by atoms with van der Waals surface area (Å²) >= 11 is 0. The lowest BCUT2D eigenvalue weighted by Gasteiger charge is -2.22. The molecule has 0 aliphatic rings. The summed E-state index contributed by atoms with van der Waals surface area (Å²) in [5.41, 5.74) is 0.478. The molecule has 0 radical (unpaired) electrons. The zero-order valence-electron chi connectivity index (χ0n) is 24.8. The van der Waals surface area contributed by atoms with Crippen LogP contribution in [0.1, 0.15) is 129 Å². The lowest BCUT2D eigenvalue weighted by atomic mass is 10.1. The van der Waals surface area contributed by atoms with Gasteiger partial charge in [0.1, 0.15) is 24.6 Å². The highest BCUT2D eigenvalue weighted by molar-refractivity contribution is 5.80. The van der Waals surface area contributed by atoms with Gasteiger partial charge in [0.05, 0.1) is 13.2 Å². The van der Waals surface area contributed by atoms with Gasteiger partial charge >= 0.3 is 11.9 Å². The van der Waals surface area contributed by atoms with Crippen molar-refractivity contribution in [1.82, 2.24) is 0 Å². The molecule has 2 N–H and O–H groups in total. The maximum Gasteiger partial charge on any atom is 0.323 e. The van der Waals surface area contributed by atoms with Crippen molar-refractivity contribution >= 4 is 17.6 Å². The Bertz CT molecular complexity index is 711.